The first-order chi connectivity index (χ1) is 10.5. The van der Waals surface area contributed by atoms with Crippen molar-refractivity contribution in [2.24, 2.45) is 4.99 Å². The van der Waals surface area contributed by atoms with Gasteiger partial charge in [0.1, 0.15) is 16.9 Å². The molecule has 1 aromatic heterocycles. The Morgan fingerprint density at radius 2 is 1.77 bits per heavy atom. The summed E-state index contributed by atoms with van der Waals surface area (Å²) in [5, 5.41) is 11.5. The van der Waals surface area contributed by atoms with E-state index in [0.717, 1.165) is 0 Å². The van der Waals surface area contributed by atoms with Crippen LogP contribution in [-0.2, 0) is 0 Å². The van der Waals surface area contributed by atoms with Crippen LogP contribution in [0.15, 0.2) is 56.7 Å². The Hall–Kier alpha value is -2.30. The Morgan fingerprint density at radius 1 is 1.09 bits per heavy atom. The van der Waals surface area contributed by atoms with Crippen molar-refractivity contribution in [1.29, 1.82) is 0 Å². The maximum atomic E-state index is 11.9. The van der Waals surface area contributed by atoms with Crippen LogP contribution >= 0.6 is 23.2 Å². The number of nitrogens with zero attached hydrogens (tertiary/aromatic N) is 1. The molecule has 4 nitrogen and oxygen atoms in total. The number of aromatic hydroxyl groups is 1. The molecule has 0 unspecified atom stereocenters. The van der Waals surface area contributed by atoms with Crippen molar-refractivity contribution >= 4 is 46.1 Å². The first kappa shape index (κ1) is 14.6. The average Bonchev–Trinajstić information content (AvgIpc) is 2.46. The van der Waals surface area contributed by atoms with Gasteiger partial charge >= 0.3 is 5.63 Å². The van der Waals surface area contributed by atoms with E-state index in [1.807, 2.05) is 0 Å². The predicted octanol–water partition coefficient (Wildman–Crippen LogP) is 4.56. The molecule has 0 aliphatic heterocycles. The van der Waals surface area contributed by atoms with E-state index in [-0.39, 0.29) is 11.3 Å². The molecule has 2 aromatic carbocycles. The van der Waals surface area contributed by atoms with Gasteiger partial charge in [-0.15, -0.1) is 0 Å². The van der Waals surface area contributed by atoms with Crippen LogP contribution in [0, 0.1) is 0 Å². The fourth-order valence-electron chi connectivity index (χ4n) is 2.01. The van der Waals surface area contributed by atoms with E-state index in [4.69, 9.17) is 27.6 Å². The molecular formula is C16H9Cl2NO3. The summed E-state index contributed by atoms with van der Waals surface area (Å²) < 4.78 is 5.15. The van der Waals surface area contributed by atoms with Gasteiger partial charge in [0.15, 0.2) is 0 Å². The maximum absolute atomic E-state index is 11.9. The van der Waals surface area contributed by atoms with Crippen LogP contribution < -0.4 is 5.63 Å². The highest BCUT2D eigenvalue weighted by molar-refractivity contribution is 6.35. The molecule has 0 saturated carbocycles. The third kappa shape index (κ3) is 2.84. The number of hydrogen-bond acceptors (Lipinski definition) is 4. The molecule has 3 rings (SSSR count). The van der Waals surface area contributed by atoms with E-state index in [0.29, 0.717) is 26.7 Å². The van der Waals surface area contributed by atoms with Gasteiger partial charge in [-0.05, 0) is 30.3 Å². The summed E-state index contributed by atoms with van der Waals surface area (Å²) in [4.78, 5) is 16.1. The van der Waals surface area contributed by atoms with Gasteiger partial charge in [-0.3, -0.25) is 4.99 Å². The Labute approximate surface area is 135 Å². The number of rotatable bonds is 2. The normalized spacial score (nSPS) is 11.4. The summed E-state index contributed by atoms with van der Waals surface area (Å²) in [6.45, 7) is 0. The zero-order valence-electron chi connectivity index (χ0n) is 11.1. The van der Waals surface area contributed by atoms with Gasteiger partial charge in [-0.2, -0.15) is 0 Å². The van der Waals surface area contributed by atoms with Gasteiger partial charge < -0.3 is 9.52 Å². The van der Waals surface area contributed by atoms with E-state index < -0.39 is 5.63 Å². The Morgan fingerprint density at radius 3 is 2.50 bits per heavy atom. The second-order valence-corrected chi connectivity index (χ2v) is 5.41. The number of para-hydroxylation sites is 1. The van der Waals surface area contributed by atoms with Gasteiger partial charge in [-0.25, -0.2) is 4.79 Å². The van der Waals surface area contributed by atoms with Crippen LogP contribution in [0.4, 0.5) is 5.69 Å². The summed E-state index contributed by atoms with van der Waals surface area (Å²) in [6.07, 6.45) is 1.23. The molecule has 0 saturated heterocycles. The second kappa shape index (κ2) is 5.83. The largest absolute Gasteiger partial charge is 0.506 e. The fourth-order valence-corrected chi connectivity index (χ4v) is 2.53. The van der Waals surface area contributed by atoms with E-state index >= 15 is 0 Å². The lowest BCUT2D eigenvalue weighted by atomic mass is 10.1. The molecule has 0 spiro atoms. The molecule has 1 N–H and O–H groups in total. The maximum Gasteiger partial charge on any atom is 0.348 e. The van der Waals surface area contributed by atoms with Crippen molar-refractivity contribution in [1.82, 2.24) is 0 Å². The molecular weight excluding hydrogens is 325 g/mol. The van der Waals surface area contributed by atoms with Crippen molar-refractivity contribution in [3.8, 4) is 5.75 Å². The molecule has 0 radical (unpaired) electrons. The minimum atomic E-state index is -0.673. The molecule has 0 atom stereocenters. The highest BCUT2D eigenvalue weighted by Gasteiger charge is 2.11. The number of hydrogen-bond donors (Lipinski definition) is 1. The van der Waals surface area contributed by atoms with E-state index in [2.05, 4.69) is 4.99 Å². The van der Waals surface area contributed by atoms with Crippen LogP contribution in [-0.4, -0.2) is 11.3 Å². The predicted molar refractivity (Wildman–Crippen MR) is 87.9 cm³/mol. The zero-order chi connectivity index (χ0) is 15.7. The standard InChI is InChI=1S/C16H9Cl2NO3/c17-9-5-10(18)7-11(6-9)19-8-13-15(20)12-3-1-2-4-14(12)22-16(13)21/h1-8,20H. The van der Waals surface area contributed by atoms with Gasteiger partial charge in [0.2, 0.25) is 0 Å². The lowest BCUT2D eigenvalue weighted by Gasteiger charge is -2.02. The van der Waals surface area contributed by atoms with Crippen LogP contribution in [0.3, 0.4) is 0 Å². The molecule has 0 aliphatic rings. The Bertz CT molecular complexity index is 928. The summed E-state index contributed by atoms with van der Waals surface area (Å²) in [7, 11) is 0. The third-order valence-corrected chi connectivity index (χ3v) is 3.45. The summed E-state index contributed by atoms with van der Waals surface area (Å²) >= 11 is 11.8. The number of halogens is 2. The summed E-state index contributed by atoms with van der Waals surface area (Å²) in [5.41, 5.74) is 0.0697. The SMILES string of the molecule is O=c1oc2ccccc2c(O)c1C=Nc1cc(Cl)cc(Cl)c1. The number of fused-ring (bicyclic) bond motifs is 1. The summed E-state index contributed by atoms with van der Waals surface area (Å²) in [5.74, 6) is -0.177. The Kier molecular flexibility index (Phi) is 3.88. The van der Waals surface area contributed by atoms with Crippen LogP contribution in [0.25, 0.3) is 11.0 Å². The minimum absolute atomic E-state index is 0.0326. The smallest absolute Gasteiger partial charge is 0.348 e. The van der Waals surface area contributed by atoms with Crippen molar-refractivity contribution in [2.45, 2.75) is 0 Å². The van der Waals surface area contributed by atoms with Gasteiger partial charge in [0.25, 0.3) is 0 Å². The van der Waals surface area contributed by atoms with Crippen molar-refractivity contribution in [2.75, 3.05) is 0 Å². The van der Waals surface area contributed by atoms with E-state index in [1.165, 1.54) is 6.21 Å². The zero-order valence-corrected chi connectivity index (χ0v) is 12.6. The molecule has 0 fully saturated rings. The lowest BCUT2D eigenvalue weighted by molar-refractivity contribution is 0.466. The van der Waals surface area contributed by atoms with Crippen LogP contribution in [0.2, 0.25) is 10.0 Å². The molecule has 0 aliphatic carbocycles. The first-order valence-corrected chi connectivity index (χ1v) is 7.05. The topological polar surface area (TPSA) is 62.8 Å². The van der Waals surface area contributed by atoms with Gasteiger partial charge in [0, 0.05) is 16.3 Å². The summed E-state index contributed by atoms with van der Waals surface area (Å²) in [6, 6.07) is 11.5. The quantitative estimate of drug-likeness (QED) is 0.552. The van der Waals surface area contributed by atoms with E-state index in [9.17, 15) is 9.90 Å². The molecule has 0 amide bonds. The molecule has 6 heteroatoms. The average molecular weight is 334 g/mol. The van der Waals surface area contributed by atoms with Gasteiger partial charge in [0.05, 0.1) is 11.1 Å². The van der Waals surface area contributed by atoms with Crippen LogP contribution in [0.5, 0.6) is 5.75 Å². The molecule has 22 heavy (non-hydrogen) atoms. The number of aliphatic imine (C=N–C) groups is 1. The minimum Gasteiger partial charge on any atom is -0.506 e. The molecule has 0 bridgehead atoms. The van der Waals surface area contributed by atoms with E-state index in [1.54, 1.807) is 42.5 Å². The lowest BCUT2D eigenvalue weighted by Crippen LogP contribution is -2.06. The number of benzene rings is 2. The monoisotopic (exact) mass is 333 g/mol. The molecule has 110 valence electrons. The Balaban J connectivity index is 2.10. The second-order valence-electron chi connectivity index (χ2n) is 4.53. The highest BCUT2D eigenvalue weighted by Crippen LogP contribution is 2.27. The van der Waals surface area contributed by atoms with Gasteiger partial charge in [-0.1, -0.05) is 35.3 Å². The molecule has 1 heterocycles. The third-order valence-electron chi connectivity index (χ3n) is 3.01. The van der Waals surface area contributed by atoms with Crippen LogP contribution in [0.1, 0.15) is 5.56 Å². The van der Waals surface area contributed by atoms with Crippen molar-refractivity contribution < 1.29 is 9.52 Å². The fraction of sp³-hybridized carbons (Fsp3) is 0. The van der Waals surface area contributed by atoms with Crippen molar-refractivity contribution in [3.63, 3.8) is 0 Å². The van der Waals surface area contributed by atoms with Crippen molar-refractivity contribution in [3.05, 3.63) is 68.5 Å². The molecule has 3 aromatic rings. The first-order valence-electron chi connectivity index (χ1n) is 6.29. The highest BCUT2D eigenvalue weighted by atomic mass is 35.5.